The smallest absolute Gasteiger partial charge is 0.335 e. The van der Waals surface area contributed by atoms with Gasteiger partial charge in [-0.05, 0) is 30.2 Å². The summed E-state index contributed by atoms with van der Waals surface area (Å²) in [7, 11) is 0. The first kappa shape index (κ1) is 32.9. The standard InChI is InChI=1S/C8H18O2.2C7H6O2.C4H8O2/c1-6(2)7(10)8(3,4)5-9;2*8-7(9)6-4-2-1-3-5-6;1-3(2)4(5)6/h6-7,9-10H,5H2,1-4H3;2*1-5H,(H,8,9);3H,1-2H3,(H,5,6). The molecule has 0 bridgehead atoms. The lowest BCUT2D eigenvalue weighted by Gasteiger charge is -2.30. The van der Waals surface area contributed by atoms with Crippen molar-refractivity contribution in [3.63, 3.8) is 0 Å². The summed E-state index contributed by atoms with van der Waals surface area (Å²) in [6.07, 6.45) is -0.419. The molecule has 1 unspecified atom stereocenters. The van der Waals surface area contributed by atoms with Gasteiger partial charge in [0.15, 0.2) is 0 Å². The van der Waals surface area contributed by atoms with Crippen LogP contribution in [0.15, 0.2) is 60.7 Å². The lowest BCUT2D eigenvalue weighted by atomic mass is 9.82. The molecule has 0 saturated heterocycles. The number of hydrogen-bond acceptors (Lipinski definition) is 5. The average molecular weight is 479 g/mol. The Hall–Kier alpha value is -3.23. The molecule has 34 heavy (non-hydrogen) atoms. The first-order valence-electron chi connectivity index (χ1n) is 10.8. The second-order valence-electron chi connectivity index (χ2n) is 8.67. The number of aromatic carboxylic acids is 2. The van der Waals surface area contributed by atoms with E-state index in [4.69, 9.17) is 20.4 Å². The van der Waals surface area contributed by atoms with Crippen molar-refractivity contribution in [1.82, 2.24) is 0 Å². The van der Waals surface area contributed by atoms with Crippen LogP contribution in [0.1, 0.15) is 62.3 Å². The van der Waals surface area contributed by atoms with Gasteiger partial charge < -0.3 is 25.5 Å². The van der Waals surface area contributed by atoms with Crippen molar-refractivity contribution in [3.8, 4) is 0 Å². The average Bonchev–Trinajstić information content (AvgIpc) is 2.80. The number of carboxylic acid groups (broad SMARTS) is 3. The minimum absolute atomic E-state index is 0.0341. The number of rotatable bonds is 6. The largest absolute Gasteiger partial charge is 0.481 e. The van der Waals surface area contributed by atoms with Gasteiger partial charge in [-0.2, -0.15) is 0 Å². The summed E-state index contributed by atoms with van der Waals surface area (Å²) < 4.78 is 0. The van der Waals surface area contributed by atoms with Crippen molar-refractivity contribution in [2.45, 2.75) is 47.6 Å². The molecule has 0 aliphatic heterocycles. The van der Waals surface area contributed by atoms with Crippen LogP contribution in [0.25, 0.3) is 0 Å². The van der Waals surface area contributed by atoms with Gasteiger partial charge >= 0.3 is 17.9 Å². The van der Waals surface area contributed by atoms with Gasteiger partial charge in [0.1, 0.15) is 0 Å². The van der Waals surface area contributed by atoms with E-state index < -0.39 is 24.0 Å². The fraction of sp³-hybridized carbons (Fsp3) is 0.423. The van der Waals surface area contributed by atoms with Crippen LogP contribution < -0.4 is 0 Å². The summed E-state index contributed by atoms with van der Waals surface area (Å²) >= 11 is 0. The molecule has 5 N–H and O–H groups in total. The molecule has 2 aromatic rings. The Labute approximate surface area is 201 Å². The van der Waals surface area contributed by atoms with E-state index in [1.165, 1.54) is 0 Å². The highest BCUT2D eigenvalue weighted by Crippen LogP contribution is 2.24. The highest BCUT2D eigenvalue weighted by Gasteiger charge is 2.28. The van der Waals surface area contributed by atoms with Crippen LogP contribution in [0.5, 0.6) is 0 Å². The Kier molecular flexibility index (Phi) is 16.7. The number of aliphatic hydroxyl groups is 2. The Morgan fingerprint density at radius 1 is 0.735 bits per heavy atom. The van der Waals surface area contributed by atoms with Crippen molar-refractivity contribution in [2.24, 2.45) is 17.3 Å². The van der Waals surface area contributed by atoms with Crippen LogP contribution in [-0.4, -0.2) is 56.2 Å². The minimum Gasteiger partial charge on any atom is -0.481 e. The zero-order valence-electron chi connectivity index (χ0n) is 20.7. The minimum atomic E-state index is -0.879. The molecule has 8 heteroatoms. The maximum absolute atomic E-state index is 10.2. The quantitative estimate of drug-likeness (QED) is 0.406. The van der Waals surface area contributed by atoms with Crippen molar-refractivity contribution in [2.75, 3.05) is 6.61 Å². The van der Waals surface area contributed by atoms with E-state index in [9.17, 15) is 19.5 Å². The van der Waals surface area contributed by atoms with Gasteiger partial charge in [-0.15, -0.1) is 0 Å². The number of carboxylic acids is 3. The molecule has 1 atom stereocenters. The third-order valence-corrected chi connectivity index (χ3v) is 4.38. The van der Waals surface area contributed by atoms with E-state index in [1.54, 1.807) is 74.5 Å². The maximum atomic E-state index is 10.2. The topological polar surface area (TPSA) is 152 Å². The first-order chi connectivity index (χ1) is 15.7. The molecule has 0 aromatic heterocycles. The zero-order valence-corrected chi connectivity index (χ0v) is 20.7. The van der Waals surface area contributed by atoms with Crippen LogP contribution in [0.3, 0.4) is 0 Å². The number of aliphatic hydroxyl groups excluding tert-OH is 2. The summed E-state index contributed by atoms with van der Waals surface area (Å²) in [5.41, 5.74) is 0.295. The molecule has 0 saturated carbocycles. The molecule has 8 nitrogen and oxygen atoms in total. The normalized spacial score (nSPS) is 11.0. The molecule has 2 aromatic carbocycles. The van der Waals surface area contributed by atoms with Gasteiger partial charge in [0.2, 0.25) is 0 Å². The molecule has 0 amide bonds. The van der Waals surface area contributed by atoms with E-state index >= 15 is 0 Å². The molecule has 190 valence electrons. The molecular formula is C26H38O8. The van der Waals surface area contributed by atoms with Crippen LogP contribution in [0, 0.1) is 17.3 Å². The molecular weight excluding hydrogens is 440 g/mol. The van der Waals surface area contributed by atoms with Gasteiger partial charge in [-0.25, -0.2) is 9.59 Å². The number of hydrogen-bond donors (Lipinski definition) is 5. The predicted octanol–water partition coefficient (Wildman–Crippen LogP) is 4.52. The molecule has 0 aliphatic carbocycles. The number of aliphatic carboxylic acids is 1. The van der Waals surface area contributed by atoms with Crippen molar-refractivity contribution in [3.05, 3.63) is 71.8 Å². The first-order valence-corrected chi connectivity index (χ1v) is 10.8. The van der Waals surface area contributed by atoms with E-state index in [1.807, 2.05) is 27.7 Å². The van der Waals surface area contributed by atoms with Crippen LogP contribution in [-0.2, 0) is 4.79 Å². The monoisotopic (exact) mass is 478 g/mol. The lowest BCUT2D eigenvalue weighted by molar-refractivity contribution is -0.140. The molecule has 0 aliphatic rings. The van der Waals surface area contributed by atoms with E-state index in [0.717, 1.165) is 0 Å². The Morgan fingerprint density at radius 3 is 1.15 bits per heavy atom. The van der Waals surface area contributed by atoms with Gasteiger partial charge in [-0.3, -0.25) is 4.79 Å². The van der Waals surface area contributed by atoms with E-state index in [2.05, 4.69) is 0 Å². The third-order valence-electron chi connectivity index (χ3n) is 4.38. The van der Waals surface area contributed by atoms with Gasteiger partial charge in [0, 0.05) is 5.41 Å². The Morgan fingerprint density at radius 2 is 1.03 bits per heavy atom. The fourth-order valence-electron chi connectivity index (χ4n) is 2.16. The van der Waals surface area contributed by atoms with Crippen molar-refractivity contribution >= 4 is 17.9 Å². The van der Waals surface area contributed by atoms with E-state index in [-0.39, 0.29) is 23.9 Å². The van der Waals surface area contributed by atoms with Gasteiger partial charge in [0.05, 0.1) is 29.8 Å². The molecule has 0 spiro atoms. The molecule has 0 fully saturated rings. The van der Waals surface area contributed by atoms with Crippen LogP contribution >= 0.6 is 0 Å². The van der Waals surface area contributed by atoms with Gasteiger partial charge in [-0.1, -0.05) is 77.9 Å². The van der Waals surface area contributed by atoms with Gasteiger partial charge in [0.25, 0.3) is 0 Å². The van der Waals surface area contributed by atoms with Crippen LogP contribution in [0.2, 0.25) is 0 Å². The van der Waals surface area contributed by atoms with Crippen LogP contribution in [0.4, 0.5) is 0 Å². The highest BCUT2D eigenvalue weighted by molar-refractivity contribution is 5.87. The highest BCUT2D eigenvalue weighted by atomic mass is 16.4. The van der Waals surface area contributed by atoms with Crippen molar-refractivity contribution < 1.29 is 39.9 Å². The summed E-state index contributed by atoms with van der Waals surface area (Å²) in [6, 6.07) is 16.6. The molecule has 0 heterocycles. The number of benzene rings is 2. The van der Waals surface area contributed by atoms with Crippen molar-refractivity contribution in [1.29, 1.82) is 0 Å². The second-order valence-corrected chi connectivity index (χ2v) is 8.67. The summed E-state index contributed by atoms with van der Waals surface area (Å²) in [5.74, 6) is -2.52. The summed E-state index contributed by atoms with van der Waals surface area (Å²) in [4.78, 5) is 30.1. The molecule has 2 rings (SSSR count). The van der Waals surface area contributed by atoms with E-state index in [0.29, 0.717) is 11.1 Å². The SMILES string of the molecule is CC(C)C(=O)O.CC(C)C(O)C(C)(C)CO.O=C(O)c1ccccc1.O=C(O)c1ccccc1. The Bertz CT molecular complexity index is 781. The maximum Gasteiger partial charge on any atom is 0.335 e. The Balaban J connectivity index is 0. The summed E-state index contributed by atoms with van der Waals surface area (Å²) in [6.45, 7) is 10.9. The number of carbonyl (C=O) groups is 3. The molecule has 0 radical (unpaired) electrons. The lowest BCUT2D eigenvalue weighted by Crippen LogP contribution is -2.36. The third kappa shape index (κ3) is 15.6. The zero-order chi connectivity index (χ0) is 26.9. The predicted molar refractivity (Wildman–Crippen MR) is 131 cm³/mol. The fourth-order valence-corrected chi connectivity index (χ4v) is 2.16. The summed E-state index contributed by atoms with van der Waals surface area (Å²) in [5, 5.41) is 43.1. The second kappa shape index (κ2) is 17.3.